The van der Waals surface area contributed by atoms with E-state index in [2.05, 4.69) is 10.1 Å². The zero-order valence-electron chi connectivity index (χ0n) is 9.04. The van der Waals surface area contributed by atoms with Crippen LogP contribution in [0, 0.1) is 5.92 Å². The Bertz CT molecular complexity index is 434. The van der Waals surface area contributed by atoms with Gasteiger partial charge in [-0.25, -0.2) is 0 Å². The molecule has 2 N–H and O–H groups in total. The van der Waals surface area contributed by atoms with E-state index in [9.17, 15) is 4.79 Å². The van der Waals surface area contributed by atoms with Gasteiger partial charge in [-0.1, -0.05) is 0 Å². The Morgan fingerprint density at radius 3 is 3.31 bits per heavy atom. The largest absolute Gasteiger partial charge is 0.369 e. The molecule has 0 saturated carbocycles. The first-order chi connectivity index (χ1) is 7.77. The van der Waals surface area contributed by atoms with E-state index in [1.165, 1.54) is 0 Å². The first-order valence-corrected chi connectivity index (χ1v) is 5.69. The smallest absolute Gasteiger partial charge is 0.255 e. The standard InChI is InChI=1S/C11H14N4O/c12-11(16)10-8-3-2-6-14(7-8)15-9(10)4-1-5-13-15/h1,4-5,8,10H,2-3,6-7H2,(H-,12,16)/p+1. The fourth-order valence-electron chi connectivity index (χ4n) is 2.89. The maximum Gasteiger partial charge on any atom is 0.255 e. The van der Waals surface area contributed by atoms with Crippen molar-refractivity contribution in [1.82, 2.24) is 5.10 Å². The van der Waals surface area contributed by atoms with Gasteiger partial charge in [0.1, 0.15) is 5.92 Å². The van der Waals surface area contributed by atoms with Gasteiger partial charge in [0, 0.05) is 21.9 Å². The van der Waals surface area contributed by atoms with Crippen molar-refractivity contribution in [2.75, 3.05) is 18.1 Å². The van der Waals surface area contributed by atoms with Crippen LogP contribution in [0.1, 0.15) is 24.5 Å². The molecule has 16 heavy (non-hydrogen) atoms. The summed E-state index contributed by atoms with van der Waals surface area (Å²) >= 11 is 0. The minimum absolute atomic E-state index is 0.176. The molecule has 2 atom stereocenters. The van der Waals surface area contributed by atoms with Crippen LogP contribution in [0.15, 0.2) is 18.3 Å². The molecule has 1 amide bonds. The number of carbonyl (C=O) groups is 1. The lowest BCUT2D eigenvalue weighted by Crippen LogP contribution is -2.70. The van der Waals surface area contributed by atoms with Crippen molar-refractivity contribution in [3.05, 3.63) is 24.0 Å². The van der Waals surface area contributed by atoms with Gasteiger partial charge in [-0.2, -0.15) is 5.01 Å². The molecule has 0 spiro atoms. The van der Waals surface area contributed by atoms with Crippen LogP contribution in [0.5, 0.6) is 0 Å². The molecule has 0 aromatic carbocycles. The van der Waals surface area contributed by atoms with E-state index in [-0.39, 0.29) is 11.8 Å². The van der Waals surface area contributed by atoms with E-state index in [0.717, 1.165) is 31.6 Å². The van der Waals surface area contributed by atoms with Gasteiger partial charge in [0.25, 0.3) is 5.69 Å². The third-order valence-corrected chi connectivity index (χ3v) is 3.56. The SMILES string of the molecule is NC(=O)C1c2cccn[n+]2N2CCCC1C2. The second-order valence-electron chi connectivity index (χ2n) is 4.53. The normalized spacial score (nSPS) is 27.4. The maximum atomic E-state index is 11.6. The summed E-state index contributed by atoms with van der Waals surface area (Å²) < 4.78 is 0. The fraction of sp³-hybridized carbons (Fsp3) is 0.545. The van der Waals surface area contributed by atoms with E-state index < -0.39 is 0 Å². The second-order valence-corrected chi connectivity index (χ2v) is 4.53. The molecule has 2 bridgehead atoms. The minimum atomic E-state index is -0.228. The van der Waals surface area contributed by atoms with Crippen LogP contribution in [0.2, 0.25) is 0 Å². The fourth-order valence-corrected chi connectivity index (χ4v) is 2.89. The number of primary amides is 1. The van der Waals surface area contributed by atoms with Gasteiger partial charge in [-0.15, -0.1) is 0 Å². The Labute approximate surface area is 93.8 Å². The molecule has 1 aromatic heterocycles. The Hall–Kier alpha value is -1.65. The summed E-state index contributed by atoms with van der Waals surface area (Å²) in [7, 11) is 0. The maximum absolute atomic E-state index is 11.6. The average molecular weight is 219 g/mol. The first kappa shape index (κ1) is 9.57. The number of fused-ring (bicyclic) bond motifs is 4. The Morgan fingerprint density at radius 2 is 2.50 bits per heavy atom. The van der Waals surface area contributed by atoms with Crippen molar-refractivity contribution >= 4 is 5.91 Å². The van der Waals surface area contributed by atoms with Gasteiger partial charge in [-0.05, 0) is 18.9 Å². The van der Waals surface area contributed by atoms with Gasteiger partial charge in [0.2, 0.25) is 5.91 Å². The molecule has 2 unspecified atom stereocenters. The molecule has 2 aliphatic rings. The van der Waals surface area contributed by atoms with Gasteiger partial charge >= 0.3 is 0 Å². The van der Waals surface area contributed by atoms with Crippen LogP contribution < -0.4 is 15.5 Å². The van der Waals surface area contributed by atoms with Gasteiger partial charge in [0.05, 0.1) is 19.3 Å². The highest BCUT2D eigenvalue weighted by molar-refractivity contribution is 5.81. The van der Waals surface area contributed by atoms with Gasteiger partial charge < -0.3 is 5.73 Å². The molecule has 84 valence electrons. The molecule has 0 aliphatic carbocycles. The molecule has 3 heterocycles. The monoisotopic (exact) mass is 219 g/mol. The highest BCUT2D eigenvalue weighted by Gasteiger charge is 2.45. The summed E-state index contributed by atoms with van der Waals surface area (Å²) in [4.78, 5) is 13.4. The highest BCUT2D eigenvalue weighted by atomic mass is 16.1. The molecule has 2 aliphatic heterocycles. The summed E-state index contributed by atoms with van der Waals surface area (Å²) in [5.41, 5.74) is 6.46. The van der Waals surface area contributed by atoms with E-state index in [1.807, 2.05) is 16.9 Å². The Balaban J connectivity index is 2.12. The number of nitrogens with zero attached hydrogens (tertiary/aromatic N) is 3. The van der Waals surface area contributed by atoms with Crippen molar-refractivity contribution in [3.8, 4) is 0 Å². The average Bonchev–Trinajstić information content (AvgIpc) is 2.29. The minimum Gasteiger partial charge on any atom is -0.369 e. The second kappa shape index (κ2) is 3.43. The number of piperidine rings is 1. The number of amides is 1. The topological polar surface area (TPSA) is 63.1 Å². The van der Waals surface area contributed by atoms with E-state index >= 15 is 0 Å². The number of hydrogen-bond donors (Lipinski definition) is 1. The van der Waals surface area contributed by atoms with Crippen LogP contribution in [0.4, 0.5) is 0 Å². The molecule has 1 aromatic rings. The number of aromatic nitrogens is 2. The molecule has 1 saturated heterocycles. The van der Waals surface area contributed by atoms with Crippen molar-refractivity contribution in [2.45, 2.75) is 18.8 Å². The molecular weight excluding hydrogens is 204 g/mol. The van der Waals surface area contributed by atoms with E-state index in [0.29, 0.717) is 5.92 Å². The van der Waals surface area contributed by atoms with E-state index in [1.54, 1.807) is 6.20 Å². The van der Waals surface area contributed by atoms with E-state index in [4.69, 9.17) is 5.73 Å². The summed E-state index contributed by atoms with van der Waals surface area (Å²) in [6.45, 7) is 1.90. The quantitative estimate of drug-likeness (QED) is 0.635. The summed E-state index contributed by atoms with van der Waals surface area (Å²) in [5.74, 6) is -0.0472. The highest BCUT2D eigenvalue weighted by Crippen LogP contribution is 2.31. The molecular formula is C11H15N4O+. The van der Waals surface area contributed by atoms with Crippen molar-refractivity contribution in [2.24, 2.45) is 11.7 Å². The summed E-state index contributed by atoms with van der Waals surface area (Å²) in [6.07, 6.45) is 3.94. The number of nitrogens with two attached hydrogens (primary N) is 1. The molecule has 5 nitrogen and oxygen atoms in total. The summed E-state index contributed by atoms with van der Waals surface area (Å²) in [5, 5.41) is 6.50. The molecule has 1 fully saturated rings. The first-order valence-electron chi connectivity index (χ1n) is 5.69. The predicted octanol–water partition coefficient (Wildman–Crippen LogP) is -0.700. The van der Waals surface area contributed by atoms with Crippen LogP contribution in [0.3, 0.4) is 0 Å². The third kappa shape index (κ3) is 1.27. The van der Waals surface area contributed by atoms with Crippen molar-refractivity contribution < 1.29 is 9.59 Å². The number of hydrogen-bond acceptors (Lipinski definition) is 3. The van der Waals surface area contributed by atoms with Gasteiger partial charge in [-0.3, -0.25) is 4.79 Å². The molecule has 0 radical (unpaired) electrons. The molecule has 3 rings (SSSR count). The lowest BCUT2D eigenvalue weighted by molar-refractivity contribution is -0.764. The third-order valence-electron chi connectivity index (χ3n) is 3.56. The Morgan fingerprint density at radius 1 is 1.62 bits per heavy atom. The van der Waals surface area contributed by atoms with Gasteiger partial charge in [0.15, 0.2) is 0 Å². The number of rotatable bonds is 1. The number of carbonyl (C=O) groups excluding carboxylic acids is 1. The lowest BCUT2D eigenvalue weighted by atomic mass is 9.81. The Kier molecular flexibility index (Phi) is 2.05. The zero-order chi connectivity index (χ0) is 11.1. The summed E-state index contributed by atoms with van der Waals surface area (Å²) in [6, 6.07) is 3.82. The molecule has 5 heteroatoms. The zero-order valence-corrected chi connectivity index (χ0v) is 9.04. The van der Waals surface area contributed by atoms with Crippen molar-refractivity contribution in [3.63, 3.8) is 0 Å². The van der Waals surface area contributed by atoms with Crippen LogP contribution in [0.25, 0.3) is 0 Å². The predicted molar refractivity (Wildman–Crippen MR) is 57.0 cm³/mol. The van der Waals surface area contributed by atoms with Crippen LogP contribution >= 0.6 is 0 Å². The van der Waals surface area contributed by atoms with Crippen LogP contribution in [-0.4, -0.2) is 24.1 Å². The van der Waals surface area contributed by atoms with Crippen LogP contribution in [-0.2, 0) is 4.79 Å². The lowest BCUT2D eigenvalue weighted by Gasteiger charge is -2.35. The van der Waals surface area contributed by atoms with Crippen molar-refractivity contribution in [1.29, 1.82) is 0 Å².